The minimum Gasteiger partial charge on any atom is -0.748 e. The van der Waals surface area contributed by atoms with E-state index in [9.17, 15) is 0 Å². The molecule has 0 N–H and O–H groups in total. The van der Waals surface area contributed by atoms with Crippen molar-refractivity contribution in [3.63, 3.8) is 0 Å². The first-order chi connectivity index (χ1) is 5.00. The molecule has 0 saturated heterocycles. The minimum absolute atomic E-state index is 0. The van der Waals surface area contributed by atoms with E-state index in [0.29, 0.717) is 0 Å². The molecule has 0 aliphatic rings. The maximum Gasteiger partial charge on any atom is 0 e. The number of rotatable bonds is 0. The van der Waals surface area contributed by atoms with Crippen molar-refractivity contribution in [2.45, 2.75) is 0 Å². The van der Waals surface area contributed by atoms with Crippen molar-refractivity contribution in [3.05, 3.63) is 75.5 Å². The third-order valence-corrected chi connectivity index (χ3v) is 1.11. The summed E-state index contributed by atoms with van der Waals surface area (Å²) in [5, 5.41) is 0. The molecule has 2 rings (SSSR count). The van der Waals surface area contributed by atoms with Crippen LogP contribution in [-0.2, 0) is 21.1 Å². The molecule has 0 unspecified atom stereocenters. The predicted octanol–water partition coefficient (Wildman–Crippen LogP) is 3.71. The van der Waals surface area contributed by atoms with Gasteiger partial charge in [0.15, 0.2) is 0 Å². The summed E-state index contributed by atoms with van der Waals surface area (Å²) in [6, 6.07) is 20.0. The molecule has 0 nitrogen and oxygen atoms in total. The summed E-state index contributed by atoms with van der Waals surface area (Å²) in [6.07, 6.45) is 0. The van der Waals surface area contributed by atoms with Crippen LogP contribution in [0.25, 0.3) is 0 Å². The maximum atomic E-state index is 2.00. The van der Waals surface area contributed by atoms with Gasteiger partial charge in [-0.2, -0.15) is 18.2 Å². The summed E-state index contributed by atoms with van der Waals surface area (Å²) in [7, 11) is 0. The quantitative estimate of drug-likeness (QED) is 0.498. The summed E-state index contributed by atoms with van der Waals surface area (Å²) in [4.78, 5) is 0. The third kappa shape index (κ3) is 11.4. The molecule has 0 radical (unpaired) electrons. The Morgan fingerprint density at radius 1 is 0.615 bits per heavy atom. The van der Waals surface area contributed by atoms with Crippen molar-refractivity contribution < 1.29 is 21.1 Å². The van der Waals surface area contributed by atoms with Crippen molar-refractivity contribution in [2.75, 3.05) is 0 Å². The Balaban J connectivity index is -0.000000125. The molecule has 0 atom stereocenters. The molecule has 0 heterocycles. The molecule has 13 heavy (non-hydrogen) atoms. The number of hydrogen-bond acceptors (Lipinski definition) is 0. The van der Waals surface area contributed by atoms with Gasteiger partial charge in [-0.3, -0.25) is 0 Å². The van der Waals surface area contributed by atoms with Gasteiger partial charge in [-0.05, 0) is 0 Å². The standard InChI is InChI=1S/2C5H5.2CH3.Mo/c2*1-2-4-5-3-1;;;/h2*1-5H;2*1H3;/q-5;3*-1;. The maximum absolute atomic E-state index is 2.00. The van der Waals surface area contributed by atoms with Gasteiger partial charge in [0.2, 0.25) is 0 Å². The fraction of sp³-hybridized carbons (Fsp3) is 0. The van der Waals surface area contributed by atoms with Crippen molar-refractivity contribution in [1.29, 1.82) is 0 Å². The van der Waals surface area contributed by atoms with E-state index in [-0.39, 0.29) is 35.9 Å². The van der Waals surface area contributed by atoms with Crippen LogP contribution in [-0.4, -0.2) is 0 Å². The van der Waals surface area contributed by atoms with Crippen LogP contribution in [0.3, 0.4) is 0 Å². The summed E-state index contributed by atoms with van der Waals surface area (Å²) in [6.45, 7) is 0. The monoisotopic (exact) mass is 258 g/mol. The van der Waals surface area contributed by atoms with Gasteiger partial charge >= 0.3 is 0 Å². The SMILES string of the molecule is [CH3-].[CH3-].[Mo].[cH-]1[cH-][cH-][cH-][cH-]1.c1cc[cH-]c1. The first-order valence-corrected chi connectivity index (χ1v) is 3.33. The molecule has 0 spiro atoms. The minimum atomic E-state index is 0. The van der Waals surface area contributed by atoms with E-state index in [2.05, 4.69) is 0 Å². The van der Waals surface area contributed by atoms with E-state index in [1.54, 1.807) is 0 Å². The normalized spacial score (nSPS) is 6.15. The van der Waals surface area contributed by atoms with Gasteiger partial charge in [0.1, 0.15) is 0 Å². The van der Waals surface area contributed by atoms with Gasteiger partial charge in [-0.25, -0.2) is 12.1 Å². The van der Waals surface area contributed by atoms with Crippen LogP contribution in [0.4, 0.5) is 0 Å². The van der Waals surface area contributed by atoms with E-state index >= 15 is 0 Å². The zero-order chi connectivity index (χ0) is 7.07. The Labute approximate surface area is 96.6 Å². The van der Waals surface area contributed by atoms with Crippen LogP contribution in [0.5, 0.6) is 0 Å². The average Bonchev–Trinajstić information content (AvgIpc) is 2.67. The van der Waals surface area contributed by atoms with Gasteiger partial charge in [-0.1, -0.05) is 0 Å². The second-order valence-corrected chi connectivity index (χ2v) is 1.92. The van der Waals surface area contributed by atoms with Crippen molar-refractivity contribution >= 4 is 0 Å². The van der Waals surface area contributed by atoms with Gasteiger partial charge in [0, 0.05) is 21.1 Å². The zero-order valence-electron chi connectivity index (χ0n) is 8.18. The average molecular weight is 256 g/mol. The molecule has 0 amide bonds. The molecule has 0 aliphatic heterocycles. The van der Waals surface area contributed by atoms with Crippen LogP contribution in [0, 0.1) is 14.9 Å². The van der Waals surface area contributed by atoms with Crippen LogP contribution in [0.15, 0.2) is 60.7 Å². The molecule has 78 valence electrons. The predicted molar refractivity (Wildman–Crippen MR) is 56.9 cm³/mol. The summed E-state index contributed by atoms with van der Waals surface area (Å²) in [5.41, 5.74) is 0. The fourth-order valence-electron chi connectivity index (χ4n) is 0.642. The third-order valence-electron chi connectivity index (χ3n) is 1.11. The van der Waals surface area contributed by atoms with Crippen LogP contribution in [0.2, 0.25) is 0 Å². The molecule has 0 aromatic heterocycles. The first kappa shape index (κ1) is 18.2. The molecule has 0 bridgehead atoms. The molecule has 0 saturated carbocycles. The Bertz CT molecular complexity index is 144. The molecule has 2 aromatic carbocycles. The van der Waals surface area contributed by atoms with Crippen LogP contribution in [0.1, 0.15) is 0 Å². The Kier molecular flexibility index (Phi) is 19.6. The van der Waals surface area contributed by atoms with E-state index in [4.69, 9.17) is 0 Å². The van der Waals surface area contributed by atoms with Gasteiger partial charge in [0.05, 0.1) is 0 Å². The molecular weight excluding hydrogens is 240 g/mol. The van der Waals surface area contributed by atoms with Gasteiger partial charge in [0.25, 0.3) is 0 Å². The molecule has 0 aliphatic carbocycles. The smallest absolute Gasteiger partial charge is 0 e. The topological polar surface area (TPSA) is 0 Å². The van der Waals surface area contributed by atoms with Crippen LogP contribution < -0.4 is 0 Å². The van der Waals surface area contributed by atoms with Crippen molar-refractivity contribution in [1.82, 2.24) is 0 Å². The summed E-state index contributed by atoms with van der Waals surface area (Å²) >= 11 is 0. The van der Waals surface area contributed by atoms with E-state index in [1.165, 1.54) is 0 Å². The van der Waals surface area contributed by atoms with Crippen molar-refractivity contribution in [2.24, 2.45) is 0 Å². The second kappa shape index (κ2) is 13.9. The Hall–Kier alpha value is -0.612. The largest absolute Gasteiger partial charge is 0.748 e. The van der Waals surface area contributed by atoms with Crippen molar-refractivity contribution in [3.8, 4) is 0 Å². The summed E-state index contributed by atoms with van der Waals surface area (Å²) < 4.78 is 0. The zero-order valence-corrected chi connectivity index (χ0v) is 10.2. The Morgan fingerprint density at radius 2 is 0.923 bits per heavy atom. The fourth-order valence-corrected chi connectivity index (χ4v) is 0.642. The van der Waals surface area contributed by atoms with E-state index < -0.39 is 0 Å². The molecule has 1 heteroatoms. The van der Waals surface area contributed by atoms with E-state index in [1.807, 2.05) is 60.7 Å². The Morgan fingerprint density at radius 3 is 1.08 bits per heavy atom. The summed E-state index contributed by atoms with van der Waals surface area (Å²) in [5.74, 6) is 0. The van der Waals surface area contributed by atoms with Gasteiger partial charge in [-0.15, -0.1) is 0 Å². The molecular formula is C12H16Mo-8. The van der Waals surface area contributed by atoms with E-state index in [0.717, 1.165) is 0 Å². The first-order valence-electron chi connectivity index (χ1n) is 3.33. The number of hydrogen-bond donors (Lipinski definition) is 0. The molecule has 2 aromatic rings. The van der Waals surface area contributed by atoms with Gasteiger partial charge < -0.3 is 45.2 Å². The van der Waals surface area contributed by atoms with Crippen LogP contribution >= 0.6 is 0 Å². The second-order valence-electron chi connectivity index (χ2n) is 1.92. The molecule has 0 fully saturated rings.